The molecule has 0 aromatic heterocycles. The highest BCUT2D eigenvalue weighted by atomic mass is 35.5. The fourth-order valence-corrected chi connectivity index (χ4v) is 3.28. The summed E-state index contributed by atoms with van der Waals surface area (Å²) >= 11 is 5.96. The molecule has 1 fully saturated rings. The predicted octanol–water partition coefficient (Wildman–Crippen LogP) is 5.73. The molecule has 1 saturated carbocycles. The van der Waals surface area contributed by atoms with E-state index in [2.05, 4.69) is 18.0 Å². The standard InChI is InChI=1S/C20H23ClN2/c1-14(15-7-10-17(21)11-8-15)16-9-12-19(22)20(13-16)23-18-5-3-2-4-6-18/h7-13,18,23H,1-6,22H2. The lowest BCUT2D eigenvalue weighted by Gasteiger charge is -2.25. The highest BCUT2D eigenvalue weighted by Gasteiger charge is 2.14. The molecule has 3 heteroatoms. The van der Waals surface area contributed by atoms with Crippen LogP contribution >= 0.6 is 11.6 Å². The smallest absolute Gasteiger partial charge is 0.0582 e. The summed E-state index contributed by atoms with van der Waals surface area (Å²) in [5, 5.41) is 4.35. The number of benzene rings is 2. The molecule has 3 N–H and O–H groups in total. The van der Waals surface area contributed by atoms with E-state index >= 15 is 0 Å². The number of hydrogen-bond acceptors (Lipinski definition) is 2. The molecule has 0 unspecified atom stereocenters. The number of anilines is 2. The summed E-state index contributed by atoms with van der Waals surface area (Å²) in [6.07, 6.45) is 6.40. The first-order valence-corrected chi connectivity index (χ1v) is 8.62. The van der Waals surface area contributed by atoms with Crippen molar-refractivity contribution >= 4 is 28.5 Å². The summed E-state index contributed by atoms with van der Waals surface area (Å²) < 4.78 is 0. The first kappa shape index (κ1) is 15.9. The molecule has 1 aliphatic rings. The van der Waals surface area contributed by atoms with Crippen LogP contribution in [0, 0.1) is 0 Å². The van der Waals surface area contributed by atoms with Crippen LogP contribution in [0.15, 0.2) is 49.0 Å². The summed E-state index contributed by atoms with van der Waals surface area (Å²) in [6, 6.07) is 14.4. The summed E-state index contributed by atoms with van der Waals surface area (Å²) in [5.74, 6) is 0. The number of hydrogen-bond donors (Lipinski definition) is 2. The van der Waals surface area contributed by atoms with E-state index in [9.17, 15) is 0 Å². The van der Waals surface area contributed by atoms with Crippen LogP contribution in [-0.4, -0.2) is 6.04 Å². The lowest BCUT2D eigenvalue weighted by Crippen LogP contribution is -2.22. The average Bonchev–Trinajstić information content (AvgIpc) is 2.58. The molecule has 2 aromatic rings. The average molecular weight is 327 g/mol. The molecule has 23 heavy (non-hydrogen) atoms. The van der Waals surface area contributed by atoms with Crippen molar-refractivity contribution in [3.63, 3.8) is 0 Å². The van der Waals surface area contributed by atoms with E-state index in [0.29, 0.717) is 6.04 Å². The van der Waals surface area contributed by atoms with Gasteiger partial charge in [-0.05, 0) is 53.8 Å². The van der Waals surface area contributed by atoms with Crippen LogP contribution in [0.3, 0.4) is 0 Å². The third-order valence-corrected chi connectivity index (χ3v) is 4.81. The van der Waals surface area contributed by atoms with Crippen molar-refractivity contribution in [3.05, 3.63) is 65.2 Å². The Kier molecular flexibility index (Phi) is 4.92. The van der Waals surface area contributed by atoms with Gasteiger partial charge in [0.05, 0.1) is 11.4 Å². The molecular formula is C20H23ClN2. The van der Waals surface area contributed by atoms with E-state index in [1.165, 1.54) is 32.1 Å². The Bertz CT molecular complexity index is 685. The SMILES string of the molecule is C=C(c1ccc(Cl)cc1)c1ccc(N)c(NC2CCCCC2)c1. The normalized spacial score (nSPS) is 15.3. The Morgan fingerprint density at radius 1 is 1.00 bits per heavy atom. The fourth-order valence-electron chi connectivity index (χ4n) is 3.15. The zero-order valence-electron chi connectivity index (χ0n) is 13.3. The quantitative estimate of drug-likeness (QED) is 0.704. The minimum absolute atomic E-state index is 0.532. The van der Waals surface area contributed by atoms with E-state index < -0.39 is 0 Å². The van der Waals surface area contributed by atoms with E-state index in [0.717, 1.165) is 33.1 Å². The molecule has 2 aromatic carbocycles. The molecule has 120 valence electrons. The van der Waals surface area contributed by atoms with Crippen LogP contribution in [0.1, 0.15) is 43.2 Å². The van der Waals surface area contributed by atoms with Crippen molar-refractivity contribution in [2.24, 2.45) is 0 Å². The van der Waals surface area contributed by atoms with E-state index in [-0.39, 0.29) is 0 Å². The van der Waals surface area contributed by atoms with Gasteiger partial charge in [0.25, 0.3) is 0 Å². The van der Waals surface area contributed by atoms with Gasteiger partial charge >= 0.3 is 0 Å². The predicted molar refractivity (Wildman–Crippen MR) is 101 cm³/mol. The van der Waals surface area contributed by atoms with Crippen LogP contribution in [-0.2, 0) is 0 Å². The van der Waals surface area contributed by atoms with Crippen LogP contribution < -0.4 is 11.1 Å². The lowest BCUT2D eigenvalue weighted by molar-refractivity contribution is 0.463. The van der Waals surface area contributed by atoms with E-state index in [1.54, 1.807) is 0 Å². The van der Waals surface area contributed by atoms with Crippen molar-refractivity contribution in [3.8, 4) is 0 Å². The first-order chi connectivity index (χ1) is 11.1. The molecule has 0 aliphatic heterocycles. The minimum Gasteiger partial charge on any atom is -0.397 e. The Morgan fingerprint density at radius 2 is 1.65 bits per heavy atom. The number of halogens is 1. The van der Waals surface area contributed by atoms with Gasteiger partial charge in [-0.1, -0.05) is 55.6 Å². The van der Waals surface area contributed by atoms with Gasteiger partial charge in [-0.2, -0.15) is 0 Å². The number of nitrogens with one attached hydrogen (secondary N) is 1. The van der Waals surface area contributed by atoms with Crippen molar-refractivity contribution in [2.45, 2.75) is 38.1 Å². The number of rotatable bonds is 4. The van der Waals surface area contributed by atoms with Crippen LogP contribution in [0.5, 0.6) is 0 Å². The highest BCUT2D eigenvalue weighted by molar-refractivity contribution is 6.30. The van der Waals surface area contributed by atoms with Gasteiger partial charge < -0.3 is 11.1 Å². The first-order valence-electron chi connectivity index (χ1n) is 8.25. The molecular weight excluding hydrogens is 304 g/mol. The van der Waals surface area contributed by atoms with Gasteiger partial charge in [0.2, 0.25) is 0 Å². The fraction of sp³-hybridized carbons (Fsp3) is 0.300. The molecule has 0 bridgehead atoms. The van der Waals surface area contributed by atoms with Gasteiger partial charge in [-0.25, -0.2) is 0 Å². The van der Waals surface area contributed by atoms with Crippen LogP contribution in [0.4, 0.5) is 11.4 Å². The van der Waals surface area contributed by atoms with Gasteiger partial charge in [0.1, 0.15) is 0 Å². The maximum atomic E-state index is 6.16. The summed E-state index contributed by atoms with van der Waals surface area (Å²) in [6.45, 7) is 4.23. The second kappa shape index (κ2) is 7.10. The Balaban J connectivity index is 1.81. The molecule has 0 atom stereocenters. The highest BCUT2D eigenvalue weighted by Crippen LogP contribution is 2.30. The largest absolute Gasteiger partial charge is 0.397 e. The molecule has 0 saturated heterocycles. The minimum atomic E-state index is 0.532. The van der Waals surface area contributed by atoms with E-state index in [4.69, 9.17) is 17.3 Å². The van der Waals surface area contributed by atoms with E-state index in [1.807, 2.05) is 36.4 Å². The second-order valence-electron chi connectivity index (χ2n) is 6.27. The molecule has 3 rings (SSSR count). The van der Waals surface area contributed by atoms with Crippen LogP contribution in [0.2, 0.25) is 5.02 Å². The van der Waals surface area contributed by atoms with Gasteiger partial charge in [0, 0.05) is 11.1 Å². The Morgan fingerprint density at radius 3 is 2.35 bits per heavy atom. The number of nitrogens with two attached hydrogens (primary N) is 1. The van der Waals surface area contributed by atoms with Crippen LogP contribution in [0.25, 0.3) is 5.57 Å². The molecule has 2 nitrogen and oxygen atoms in total. The Labute approximate surface area is 143 Å². The lowest BCUT2D eigenvalue weighted by atomic mass is 9.94. The number of nitrogen functional groups attached to an aromatic ring is 1. The van der Waals surface area contributed by atoms with Crippen molar-refractivity contribution in [1.82, 2.24) is 0 Å². The summed E-state index contributed by atoms with van der Waals surface area (Å²) in [4.78, 5) is 0. The molecule has 0 amide bonds. The zero-order chi connectivity index (χ0) is 16.2. The third kappa shape index (κ3) is 3.89. The van der Waals surface area contributed by atoms with Gasteiger partial charge in [-0.3, -0.25) is 0 Å². The third-order valence-electron chi connectivity index (χ3n) is 4.56. The monoisotopic (exact) mass is 326 g/mol. The molecule has 0 spiro atoms. The van der Waals surface area contributed by atoms with Crippen molar-refractivity contribution in [1.29, 1.82) is 0 Å². The van der Waals surface area contributed by atoms with Crippen molar-refractivity contribution < 1.29 is 0 Å². The Hall–Kier alpha value is -1.93. The topological polar surface area (TPSA) is 38.0 Å². The maximum absolute atomic E-state index is 6.16. The zero-order valence-corrected chi connectivity index (χ0v) is 14.1. The molecule has 1 aliphatic carbocycles. The summed E-state index contributed by atoms with van der Waals surface area (Å²) in [5.41, 5.74) is 11.1. The summed E-state index contributed by atoms with van der Waals surface area (Å²) in [7, 11) is 0. The van der Waals surface area contributed by atoms with Gasteiger partial charge in [0.15, 0.2) is 0 Å². The van der Waals surface area contributed by atoms with Crippen molar-refractivity contribution in [2.75, 3.05) is 11.1 Å². The van der Waals surface area contributed by atoms with Gasteiger partial charge in [-0.15, -0.1) is 0 Å². The molecule has 0 heterocycles. The maximum Gasteiger partial charge on any atom is 0.0582 e. The molecule has 0 radical (unpaired) electrons. The second-order valence-corrected chi connectivity index (χ2v) is 6.70.